The highest BCUT2D eigenvalue weighted by Gasteiger charge is 2.17. The topological polar surface area (TPSA) is 39.9 Å². The van der Waals surface area contributed by atoms with Crippen LogP contribution < -0.4 is 4.74 Å². The van der Waals surface area contributed by atoms with E-state index in [1.807, 2.05) is 36.4 Å². The molecule has 0 N–H and O–H groups in total. The summed E-state index contributed by atoms with van der Waals surface area (Å²) in [6.45, 7) is 2.85. The summed E-state index contributed by atoms with van der Waals surface area (Å²) in [6, 6.07) is 15.9. The van der Waals surface area contributed by atoms with Crippen LogP contribution in [0.15, 0.2) is 53.7 Å². The van der Waals surface area contributed by atoms with Crippen molar-refractivity contribution in [3.63, 3.8) is 0 Å². The number of thioether (sulfide) groups is 1. The molecule has 0 aliphatic heterocycles. The second-order valence-corrected chi connectivity index (χ2v) is 6.55. The molecule has 3 rings (SSSR count). The lowest BCUT2D eigenvalue weighted by atomic mass is 10.2. The SMILES string of the molecule is CCn1c(SCc2ccccc2)nnc1-c1cc(Cl)ccc1OC. The van der Waals surface area contributed by atoms with Crippen molar-refractivity contribution in [2.75, 3.05) is 7.11 Å². The molecule has 1 aromatic heterocycles. The average Bonchev–Trinajstić information content (AvgIpc) is 3.03. The molecule has 0 unspecified atom stereocenters. The molecule has 0 bridgehead atoms. The number of halogens is 1. The van der Waals surface area contributed by atoms with E-state index in [-0.39, 0.29) is 0 Å². The number of hydrogen-bond acceptors (Lipinski definition) is 4. The summed E-state index contributed by atoms with van der Waals surface area (Å²) < 4.78 is 7.53. The van der Waals surface area contributed by atoms with Crippen molar-refractivity contribution in [1.29, 1.82) is 0 Å². The molecule has 0 atom stereocenters. The van der Waals surface area contributed by atoms with Gasteiger partial charge in [-0.05, 0) is 30.7 Å². The molecule has 0 fully saturated rings. The van der Waals surface area contributed by atoms with E-state index in [1.54, 1.807) is 18.9 Å². The second-order valence-electron chi connectivity index (χ2n) is 5.17. The number of benzene rings is 2. The van der Waals surface area contributed by atoms with Crippen molar-refractivity contribution < 1.29 is 4.74 Å². The largest absolute Gasteiger partial charge is 0.496 e. The van der Waals surface area contributed by atoms with Gasteiger partial charge in [0.15, 0.2) is 11.0 Å². The molecule has 0 aliphatic rings. The van der Waals surface area contributed by atoms with E-state index in [1.165, 1.54) is 5.56 Å². The third-order valence-corrected chi connectivity index (χ3v) is 4.92. The minimum absolute atomic E-state index is 0.648. The van der Waals surface area contributed by atoms with Crippen LogP contribution in [0.1, 0.15) is 12.5 Å². The second kappa shape index (κ2) is 7.73. The maximum Gasteiger partial charge on any atom is 0.191 e. The molecule has 3 aromatic rings. The Morgan fingerprint density at radius 1 is 1.12 bits per heavy atom. The summed E-state index contributed by atoms with van der Waals surface area (Å²) in [7, 11) is 1.64. The Morgan fingerprint density at radius 2 is 1.92 bits per heavy atom. The van der Waals surface area contributed by atoms with Crippen molar-refractivity contribution in [2.24, 2.45) is 0 Å². The van der Waals surface area contributed by atoms with Gasteiger partial charge in [0.05, 0.1) is 12.7 Å². The highest BCUT2D eigenvalue weighted by Crippen LogP contribution is 2.33. The fourth-order valence-corrected chi connectivity index (χ4v) is 3.59. The van der Waals surface area contributed by atoms with E-state index in [0.717, 1.165) is 34.6 Å². The van der Waals surface area contributed by atoms with Gasteiger partial charge in [0.1, 0.15) is 5.75 Å². The normalized spacial score (nSPS) is 10.8. The maximum atomic E-state index is 6.15. The molecule has 0 saturated heterocycles. The molecule has 2 aromatic carbocycles. The summed E-state index contributed by atoms with van der Waals surface area (Å²) in [4.78, 5) is 0. The van der Waals surface area contributed by atoms with Gasteiger partial charge in [-0.1, -0.05) is 53.7 Å². The first-order valence-corrected chi connectivity index (χ1v) is 9.03. The van der Waals surface area contributed by atoms with Crippen LogP contribution >= 0.6 is 23.4 Å². The molecule has 1 heterocycles. The summed E-state index contributed by atoms with van der Waals surface area (Å²) in [5.41, 5.74) is 2.11. The van der Waals surface area contributed by atoms with Crippen LogP contribution in [0.5, 0.6) is 5.75 Å². The fraction of sp³-hybridized carbons (Fsp3) is 0.222. The van der Waals surface area contributed by atoms with E-state index < -0.39 is 0 Å². The number of hydrogen-bond donors (Lipinski definition) is 0. The van der Waals surface area contributed by atoms with Crippen molar-refractivity contribution in [3.05, 3.63) is 59.1 Å². The monoisotopic (exact) mass is 359 g/mol. The van der Waals surface area contributed by atoms with E-state index in [2.05, 4.69) is 33.8 Å². The van der Waals surface area contributed by atoms with Crippen LogP contribution in [0, 0.1) is 0 Å². The molecule has 0 saturated carbocycles. The van der Waals surface area contributed by atoms with Crippen molar-refractivity contribution in [2.45, 2.75) is 24.4 Å². The zero-order valence-electron chi connectivity index (χ0n) is 13.6. The molecule has 4 nitrogen and oxygen atoms in total. The Morgan fingerprint density at radius 3 is 2.62 bits per heavy atom. The van der Waals surface area contributed by atoms with Crippen LogP contribution in [0.2, 0.25) is 5.02 Å². The number of rotatable bonds is 6. The van der Waals surface area contributed by atoms with E-state index in [0.29, 0.717) is 5.02 Å². The van der Waals surface area contributed by atoms with E-state index in [9.17, 15) is 0 Å². The van der Waals surface area contributed by atoms with Gasteiger partial charge >= 0.3 is 0 Å². The Balaban J connectivity index is 1.91. The summed E-state index contributed by atoms with van der Waals surface area (Å²) >= 11 is 7.82. The third-order valence-electron chi connectivity index (χ3n) is 3.65. The number of aromatic nitrogens is 3. The number of methoxy groups -OCH3 is 1. The predicted octanol–water partition coefficient (Wildman–Crippen LogP) is 4.92. The van der Waals surface area contributed by atoms with E-state index in [4.69, 9.17) is 16.3 Å². The highest BCUT2D eigenvalue weighted by molar-refractivity contribution is 7.98. The predicted molar refractivity (Wildman–Crippen MR) is 98.7 cm³/mol. The third kappa shape index (κ3) is 3.57. The van der Waals surface area contributed by atoms with Gasteiger partial charge < -0.3 is 9.30 Å². The summed E-state index contributed by atoms with van der Waals surface area (Å²) in [6.07, 6.45) is 0. The minimum atomic E-state index is 0.648. The zero-order chi connectivity index (χ0) is 16.9. The minimum Gasteiger partial charge on any atom is -0.496 e. The van der Waals surface area contributed by atoms with Crippen LogP contribution in [-0.2, 0) is 12.3 Å². The first-order valence-electron chi connectivity index (χ1n) is 7.66. The van der Waals surface area contributed by atoms with Crippen LogP contribution in [-0.4, -0.2) is 21.9 Å². The summed E-state index contributed by atoms with van der Waals surface area (Å²) in [5.74, 6) is 2.36. The van der Waals surface area contributed by atoms with Gasteiger partial charge in [-0.15, -0.1) is 10.2 Å². The number of ether oxygens (including phenoxy) is 1. The lowest BCUT2D eigenvalue weighted by molar-refractivity contribution is 0.416. The smallest absolute Gasteiger partial charge is 0.191 e. The average molecular weight is 360 g/mol. The van der Waals surface area contributed by atoms with E-state index >= 15 is 0 Å². The molecule has 24 heavy (non-hydrogen) atoms. The molecule has 0 radical (unpaired) electrons. The molecular weight excluding hydrogens is 342 g/mol. The molecule has 124 valence electrons. The molecule has 0 spiro atoms. The molecule has 0 amide bonds. The Hall–Kier alpha value is -1.98. The van der Waals surface area contributed by atoms with Crippen LogP contribution in [0.4, 0.5) is 0 Å². The highest BCUT2D eigenvalue weighted by atomic mass is 35.5. The Kier molecular flexibility index (Phi) is 5.43. The van der Waals surface area contributed by atoms with Gasteiger partial charge in [0.25, 0.3) is 0 Å². The van der Waals surface area contributed by atoms with Gasteiger partial charge in [-0.2, -0.15) is 0 Å². The first-order chi connectivity index (χ1) is 11.7. The Labute approximate surface area is 150 Å². The maximum absolute atomic E-state index is 6.15. The fourth-order valence-electron chi connectivity index (χ4n) is 2.46. The molecular formula is C18H18ClN3OS. The van der Waals surface area contributed by atoms with Crippen LogP contribution in [0.3, 0.4) is 0 Å². The molecule has 0 aliphatic carbocycles. The van der Waals surface area contributed by atoms with Gasteiger partial charge in [-0.3, -0.25) is 0 Å². The van der Waals surface area contributed by atoms with Crippen LogP contribution in [0.25, 0.3) is 11.4 Å². The first kappa shape index (κ1) is 16.9. The van der Waals surface area contributed by atoms with Gasteiger partial charge in [-0.25, -0.2) is 0 Å². The summed E-state index contributed by atoms with van der Waals surface area (Å²) in [5, 5.41) is 10.3. The standard InChI is InChI=1S/C18H18ClN3OS/c1-3-22-17(15-11-14(19)9-10-16(15)23-2)20-21-18(22)24-12-13-7-5-4-6-8-13/h4-11H,3,12H2,1-2H3. The van der Waals surface area contributed by atoms with Crippen molar-refractivity contribution in [1.82, 2.24) is 14.8 Å². The van der Waals surface area contributed by atoms with Gasteiger partial charge in [0.2, 0.25) is 0 Å². The van der Waals surface area contributed by atoms with Crippen molar-refractivity contribution >= 4 is 23.4 Å². The Bertz CT molecular complexity index is 820. The quantitative estimate of drug-likeness (QED) is 0.586. The lowest BCUT2D eigenvalue weighted by Crippen LogP contribution is -2.01. The lowest BCUT2D eigenvalue weighted by Gasteiger charge is -2.11. The zero-order valence-corrected chi connectivity index (χ0v) is 15.1. The van der Waals surface area contributed by atoms with Gasteiger partial charge in [0, 0.05) is 17.3 Å². The number of nitrogens with zero attached hydrogens (tertiary/aromatic N) is 3. The van der Waals surface area contributed by atoms with Crippen molar-refractivity contribution in [3.8, 4) is 17.1 Å². The molecule has 6 heteroatoms.